The molecule has 1 aromatic rings. The van der Waals surface area contributed by atoms with Crippen LogP contribution in [0.3, 0.4) is 0 Å². The summed E-state index contributed by atoms with van der Waals surface area (Å²) in [5, 5.41) is 0. The summed E-state index contributed by atoms with van der Waals surface area (Å²) in [6.07, 6.45) is 1.08. The predicted octanol–water partition coefficient (Wildman–Crippen LogP) is 3.33. The van der Waals surface area contributed by atoms with E-state index in [1.165, 1.54) is 0 Å². The van der Waals surface area contributed by atoms with E-state index in [9.17, 15) is 4.79 Å². The summed E-state index contributed by atoms with van der Waals surface area (Å²) < 4.78 is 11.0. The van der Waals surface area contributed by atoms with Crippen LogP contribution in [-0.4, -0.2) is 25.6 Å². The van der Waals surface area contributed by atoms with E-state index in [1.807, 2.05) is 12.1 Å². The summed E-state index contributed by atoms with van der Waals surface area (Å²) in [5.41, 5.74) is 0.704. The van der Waals surface area contributed by atoms with Gasteiger partial charge in [-0.1, -0.05) is 13.8 Å². The number of ketones is 1. The van der Waals surface area contributed by atoms with Crippen molar-refractivity contribution in [2.24, 2.45) is 5.92 Å². The number of hydrogen-bond acceptors (Lipinski definition) is 3. The van der Waals surface area contributed by atoms with Gasteiger partial charge in [0.15, 0.2) is 5.78 Å². The maximum Gasteiger partial charge on any atom is 0.159 e. The predicted molar refractivity (Wildman–Crippen MR) is 72.2 cm³/mol. The average molecular weight is 250 g/mol. The van der Waals surface area contributed by atoms with Gasteiger partial charge in [-0.2, -0.15) is 0 Å². The Hall–Kier alpha value is -1.35. The van der Waals surface area contributed by atoms with Gasteiger partial charge in [-0.05, 0) is 43.5 Å². The lowest BCUT2D eigenvalue weighted by Gasteiger charge is -2.08. The molecule has 0 spiro atoms. The maximum atomic E-state index is 11.1. The fourth-order valence-corrected chi connectivity index (χ4v) is 1.43. The monoisotopic (exact) mass is 250 g/mol. The minimum absolute atomic E-state index is 0.0681. The van der Waals surface area contributed by atoms with Gasteiger partial charge in [0.25, 0.3) is 0 Å². The second kappa shape index (κ2) is 7.88. The largest absolute Gasteiger partial charge is 0.491 e. The molecule has 0 saturated heterocycles. The third-order valence-electron chi connectivity index (χ3n) is 2.60. The first-order chi connectivity index (χ1) is 8.59. The van der Waals surface area contributed by atoms with Crippen molar-refractivity contribution in [3.05, 3.63) is 29.8 Å². The van der Waals surface area contributed by atoms with Crippen molar-refractivity contribution in [3.63, 3.8) is 0 Å². The number of hydrogen-bond donors (Lipinski definition) is 0. The van der Waals surface area contributed by atoms with Gasteiger partial charge in [-0.15, -0.1) is 0 Å². The number of ether oxygens (including phenoxy) is 2. The molecule has 0 aromatic heterocycles. The van der Waals surface area contributed by atoms with Crippen LogP contribution in [0.5, 0.6) is 5.75 Å². The van der Waals surface area contributed by atoms with Gasteiger partial charge in [-0.3, -0.25) is 4.79 Å². The second-order valence-electron chi connectivity index (χ2n) is 4.72. The summed E-state index contributed by atoms with van der Waals surface area (Å²) in [6.45, 7) is 7.83. The highest BCUT2D eigenvalue weighted by Crippen LogP contribution is 2.12. The highest BCUT2D eigenvalue weighted by Gasteiger charge is 1.99. The van der Waals surface area contributed by atoms with E-state index >= 15 is 0 Å². The Balaban J connectivity index is 2.17. The first-order valence-corrected chi connectivity index (χ1v) is 6.41. The summed E-state index contributed by atoms with van der Waals surface area (Å²) in [4.78, 5) is 11.1. The van der Waals surface area contributed by atoms with Crippen molar-refractivity contribution in [1.82, 2.24) is 0 Å². The highest BCUT2D eigenvalue weighted by molar-refractivity contribution is 5.94. The average Bonchev–Trinajstić information content (AvgIpc) is 2.34. The normalized spacial score (nSPS) is 10.7. The van der Waals surface area contributed by atoms with Crippen LogP contribution in [0.1, 0.15) is 37.6 Å². The first kappa shape index (κ1) is 14.7. The van der Waals surface area contributed by atoms with Crippen LogP contribution in [0.15, 0.2) is 24.3 Å². The molecule has 0 N–H and O–H groups in total. The van der Waals surface area contributed by atoms with Crippen molar-refractivity contribution in [2.75, 3.05) is 19.8 Å². The van der Waals surface area contributed by atoms with Crippen molar-refractivity contribution < 1.29 is 14.3 Å². The van der Waals surface area contributed by atoms with Crippen molar-refractivity contribution >= 4 is 5.78 Å². The maximum absolute atomic E-state index is 11.1. The number of rotatable bonds is 8. The molecule has 0 fully saturated rings. The number of benzene rings is 1. The van der Waals surface area contributed by atoms with Crippen molar-refractivity contribution in [2.45, 2.75) is 27.2 Å². The zero-order valence-electron chi connectivity index (χ0n) is 11.4. The molecule has 0 atom stereocenters. The molecule has 100 valence electrons. The molecule has 0 aliphatic rings. The number of Topliss-reactive ketones (excluding diaryl/α,β-unsaturated/α-hetero) is 1. The lowest BCUT2D eigenvalue weighted by atomic mass is 10.1. The molecular formula is C15H22O3. The second-order valence-corrected chi connectivity index (χ2v) is 4.72. The smallest absolute Gasteiger partial charge is 0.159 e. The standard InChI is InChI=1S/C15H22O3/c1-12(2)8-9-17-10-11-18-15-6-4-14(5-7-15)13(3)16/h4-7,12H,8-11H2,1-3H3. The lowest BCUT2D eigenvalue weighted by Crippen LogP contribution is -2.08. The molecule has 0 aliphatic carbocycles. The van der Waals surface area contributed by atoms with Crippen LogP contribution in [0.4, 0.5) is 0 Å². The highest BCUT2D eigenvalue weighted by atomic mass is 16.5. The third-order valence-corrected chi connectivity index (χ3v) is 2.60. The Morgan fingerprint density at radius 3 is 2.33 bits per heavy atom. The lowest BCUT2D eigenvalue weighted by molar-refractivity contribution is 0.0925. The molecule has 3 heteroatoms. The summed E-state index contributed by atoms with van der Waals surface area (Å²) in [6, 6.07) is 7.17. The van der Waals surface area contributed by atoms with Crippen LogP contribution in [0, 0.1) is 5.92 Å². The molecule has 1 rings (SSSR count). The molecule has 18 heavy (non-hydrogen) atoms. The summed E-state index contributed by atoms with van der Waals surface area (Å²) in [5.74, 6) is 1.51. The van der Waals surface area contributed by atoms with E-state index in [2.05, 4.69) is 13.8 Å². The first-order valence-electron chi connectivity index (χ1n) is 6.41. The molecule has 3 nitrogen and oxygen atoms in total. The van der Waals surface area contributed by atoms with Crippen molar-refractivity contribution in [3.8, 4) is 5.75 Å². The van der Waals surface area contributed by atoms with Gasteiger partial charge in [0, 0.05) is 12.2 Å². The fourth-order valence-electron chi connectivity index (χ4n) is 1.43. The van der Waals surface area contributed by atoms with Crippen LogP contribution < -0.4 is 4.74 Å². The summed E-state index contributed by atoms with van der Waals surface area (Å²) in [7, 11) is 0. The van der Waals surface area contributed by atoms with E-state index in [4.69, 9.17) is 9.47 Å². The topological polar surface area (TPSA) is 35.5 Å². The van der Waals surface area contributed by atoms with E-state index < -0.39 is 0 Å². The van der Waals surface area contributed by atoms with Crippen LogP contribution in [-0.2, 0) is 4.74 Å². The number of carbonyl (C=O) groups is 1. The van der Waals surface area contributed by atoms with E-state index in [-0.39, 0.29) is 5.78 Å². The van der Waals surface area contributed by atoms with E-state index in [1.54, 1.807) is 19.1 Å². The Labute approximate surface area is 109 Å². The van der Waals surface area contributed by atoms with Gasteiger partial charge in [0.2, 0.25) is 0 Å². The molecule has 0 aliphatic heterocycles. The molecule has 0 bridgehead atoms. The van der Waals surface area contributed by atoms with Crippen molar-refractivity contribution in [1.29, 1.82) is 0 Å². The van der Waals surface area contributed by atoms with Crippen LogP contribution in [0.25, 0.3) is 0 Å². The van der Waals surface area contributed by atoms with Crippen LogP contribution >= 0.6 is 0 Å². The van der Waals surface area contributed by atoms with E-state index in [0.29, 0.717) is 24.7 Å². The SMILES string of the molecule is CC(=O)c1ccc(OCCOCCC(C)C)cc1. The quantitative estimate of drug-likeness (QED) is 0.524. The Morgan fingerprint density at radius 1 is 1.11 bits per heavy atom. The molecule has 0 unspecified atom stereocenters. The molecular weight excluding hydrogens is 228 g/mol. The zero-order valence-corrected chi connectivity index (χ0v) is 11.4. The fraction of sp³-hybridized carbons (Fsp3) is 0.533. The van der Waals surface area contributed by atoms with Gasteiger partial charge in [-0.25, -0.2) is 0 Å². The molecule has 1 aromatic carbocycles. The Kier molecular flexibility index (Phi) is 6.44. The molecule has 0 heterocycles. The van der Waals surface area contributed by atoms with Crippen LogP contribution in [0.2, 0.25) is 0 Å². The van der Waals surface area contributed by atoms with Gasteiger partial charge in [0.1, 0.15) is 12.4 Å². The Morgan fingerprint density at radius 2 is 1.78 bits per heavy atom. The minimum Gasteiger partial charge on any atom is -0.491 e. The Bertz CT molecular complexity index is 355. The molecule has 0 radical (unpaired) electrons. The molecule has 0 saturated carbocycles. The van der Waals surface area contributed by atoms with E-state index in [0.717, 1.165) is 18.8 Å². The summed E-state index contributed by atoms with van der Waals surface area (Å²) >= 11 is 0. The number of carbonyl (C=O) groups excluding carboxylic acids is 1. The van der Waals surface area contributed by atoms with Gasteiger partial charge in [0.05, 0.1) is 6.61 Å². The third kappa shape index (κ3) is 5.82. The minimum atomic E-state index is 0.0681. The zero-order chi connectivity index (χ0) is 13.4. The van der Waals surface area contributed by atoms with Gasteiger partial charge < -0.3 is 9.47 Å². The van der Waals surface area contributed by atoms with Gasteiger partial charge >= 0.3 is 0 Å². The molecule has 0 amide bonds.